The van der Waals surface area contributed by atoms with Gasteiger partial charge >= 0.3 is 0 Å². The Kier molecular flexibility index (Phi) is 2.28. The Hall–Kier alpha value is -1.68. The second-order valence-electron chi connectivity index (χ2n) is 2.81. The third-order valence-corrected chi connectivity index (χ3v) is 2.14. The molecule has 0 spiro atoms. The Morgan fingerprint density at radius 1 is 1.21 bits per heavy atom. The van der Waals surface area contributed by atoms with Crippen LogP contribution in [0.4, 0.5) is 0 Å². The fourth-order valence-corrected chi connectivity index (χ4v) is 1.28. The highest BCUT2D eigenvalue weighted by atomic mass is 32.1. The molecule has 0 amide bonds. The van der Waals surface area contributed by atoms with E-state index in [1.165, 1.54) is 6.20 Å². The van der Waals surface area contributed by atoms with Crippen LogP contribution in [0.1, 0.15) is 0 Å². The number of rotatable bonds is 1. The van der Waals surface area contributed by atoms with E-state index in [4.69, 9.17) is 12.2 Å². The second kappa shape index (κ2) is 3.59. The van der Waals surface area contributed by atoms with Gasteiger partial charge in [-0.1, -0.05) is 42.5 Å². The Bertz CT molecular complexity index is 493. The van der Waals surface area contributed by atoms with Gasteiger partial charge < -0.3 is 10.1 Å². The predicted molar refractivity (Wildman–Crippen MR) is 56.5 cm³/mol. The average Bonchev–Trinajstić information content (AvgIpc) is 2.23. The van der Waals surface area contributed by atoms with Crippen LogP contribution in [0.3, 0.4) is 0 Å². The molecule has 0 unspecified atom stereocenters. The molecule has 0 bridgehead atoms. The van der Waals surface area contributed by atoms with Crippen LogP contribution in [0.5, 0.6) is 5.75 Å². The van der Waals surface area contributed by atoms with E-state index in [1.54, 1.807) is 0 Å². The van der Waals surface area contributed by atoms with Gasteiger partial charge in [-0.25, -0.2) is 4.98 Å². The highest BCUT2D eigenvalue weighted by molar-refractivity contribution is 7.71. The number of hydrogen-bond acceptors (Lipinski definition) is 3. The third kappa shape index (κ3) is 1.65. The molecule has 3 nitrogen and oxygen atoms in total. The number of aromatic nitrogens is 2. The van der Waals surface area contributed by atoms with E-state index < -0.39 is 0 Å². The molecule has 2 aromatic rings. The number of nitrogens with zero attached hydrogens (tertiary/aromatic N) is 1. The van der Waals surface area contributed by atoms with Crippen molar-refractivity contribution in [2.24, 2.45) is 0 Å². The molecule has 2 N–H and O–H groups in total. The SMILES string of the molecule is Oc1cnc(-c2ccccc2)[nH]c1=S. The first kappa shape index (κ1) is 8.90. The first-order chi connectivity index (χ1) is 6.77. The van der Waals surface area contributed by atoms with Crippen LogP contribution in [0.25, 0.3) is 11.4 Å². The number of nitrogens with one attached hydrogen (secondary N) is 1. The maximum absolute atomic E-state index is 9.19. The summed E-state index contributed by atoms with van der Waals surface area (Å²) in [7, 11) is 0. The van der Waals surface area contributed by atoms with Gasteiger partial charge in [-0.15, -0.1) is 0 Å². The van der Waals surface area contributed by atoms with Crippen molar-refractivity contribution in [1.29, 1.82) is 0 Å². The predicted octanol–water partition coefficient (Wildman–Crippen LogP) is 2.51. The van der Waals surface area contributed by atoms with Gasteiger partial charge in [-0.2, -0.15) is 0 Å². The summed E-state index contributed by atoms with van der Waals surface area (Å²) in [5.74, 6) is 0.660. The van der Waals surface area contributed by atoms with Gasteiger partial charge in [-0.3, -0.25) is 0 Å². The zero-order valence-corrected chi connectivity index (χ0v) is 8.08. The third-order valence-electron chi connectivity index (χ3n) is 1.83. The van der Waals surface area contributed by atoms with Gasteiger partial charge in [-0.05, 0) is 0 Å². The molecule has 70 valence electrons. The highest BCUT2D eigenvalue weighted by Crippen LogP contribution is 2.16. The second-order valence-corrected chi connectivity index (χ2v) is 3.22. The fraction of sp³-hybridized carbons (Fsp3) is 0. The Morgan fingerprint density at radius 2 is 1.93 bits per heavy atom. The summed E-state index contributed by atoms with van der Waals surface area (Å²) < 4.78 is 0.304. The van der Waals surface area contributed by atoms with Crippen molar-refractivity contribution in [2.45, 2.75) is 0 Å². The Morgan fingerprint density at radius 3 is 2.57 bits per heavy atom. The lowest BCUT2D eigenvalue weighted by molar-refractivity contribution is 0.467. The van der Waals surface area contributed by atoms with E-state index in [-0.39, 0.29) is 5.75 Å². The van der Waals surface area contributed by atoms with Gasteiger partial charge in [0.1, 0.15) is 10.5 Å². The van der Waals surface area contributed by atoms with Crippen LogP contribution in [0, 0.1) is 4.64 Å². The molecule has 1 aromatic carbocycles. The summed E-state index contributed by atoms with van der Waals surface area (Å²) in [5, 5.41) is 9.19. The van der Waals surface area contributed by atoms with Gasteiger partial charge in [0.25, 0.3) is 0 Å². The van der Waals surface area contributed by atoms with Crippen molar-refractivity contribution in [3.63, 3.8) is 0 Å². The van der Waals surface area contributed by atoms with Crippen molar-refractivity contribution >= 4 is 12.2 Å². The summed E-state index contributed by atoms with van der Waals surface area (Å²) in [6.07, 6.45) is 1.35. The number of hydrogen-bond donors (Lipinski definition) is 2. The first-order valence-corrected chi connectivity index (χ1v) is 4.52. The quantitative estimate of drug-likeness (QED) is 0.702. The molecule has 0 aliphatic rings. The van der Waals surface area contributed by atoms with Crippen molar-refractivity contribution in [1.82, 2.24) is 9.97 Å². The molecule has 1 heterocycles. The van der Waals surface area contributed by atoms with Crippen LogP contribution in [-0.4, -0.2) is 15.1 Å². The molecule has 0 saturated carbocycles. The minimum Gasteiger partial charge on any atom is -0.504 e. The summed E-state index contributed by atoms with van der Waals surface area (Å²) in [4.78, 5) is 6.88. The smallest absolute Gasteiger partial charge is 0.169 e. The van der Waals surface area contributed by atoms with Crippen LogP contribution in [-0.2, 0) is 0 Å². The fourth-order valence-electron chi connectivity index (χ4n) is 1.13. The topological polar surface area (TPSA) is 48.9 Å². The number of benzene rings is 1. The van der Waals surface area contributed by atoms with Crippen molar-refractivity contribution < 1.29 is 5.11 Å². The van der Waals surface area contributed by atoms with Gasteiger partial charge in [0.2, 0.25) is 0 Å². The molecule has 4 heteroatoms. The van der Waals surface area contributed by atoms with Crippen molar-refractivity contribution in [2.75, 3.05) is 0 Å². The van der Waals surface area contributed by atoms with E-state index in [1.807, 2.05) is 30.3 Å². The molecule has 0 aliphatic heterocycles. The molecule has 1 aromatic heterocycles. The van der Waals surface area contributed by atoms with Gasteiger partial charge in [0, 0.05) is 5.56 Å². The molecule has 0 aliphatic carbocycles. The van der Waals surface area contributed by atoms with E-state index in [2.05, 4.69) is 9.97 Å². The van der Waals surface area contributed by atoms with Crippen LogP contribution in [0.15, 0.2) is 36.5 Å². The maximum Gasteiger partial charge on any atom is 0.169 e. The Balaban J connectivity index is 2.54. The maximum atomic E-state index is 9.19. The van der Waals surface area contributed by atoms with Gasteiger partial charge in [0.05, 0.1) is 6.20 Å². The summed E-state index contributed by atoms with van der Waals surface area (Å²) in [6.45, 7) is 0. The Labute approximate surface area is 86.1 Å². The number of H-pyrrole nitrogens is 1. The monoisotopic (exact) mass is 204 g/mol. The molecule has 14 heavy (non-hydrogen) atoms. The molecule has 0 atom stereocenters. The van der Waals surface area contributed by atoms with Crippen molar-refractivity contribution in [3.05, 3.63) is 41.2 Å². The lowest BCUT2D eigenvalue weighted by Gasteiger charge is -2.00. The standard InChI is InChI=1S/C10H8N2OS/c13-8-6-11-9(12-10(8)14)7-4-2-1-3-5-7/h1-6,13H,(H,11,12,14). The van der Waals surface area contributed by atoms with E-state index in [0.717, 1.165) is 5.56 Å². The lowest BCUT2D eigenvalue weighted by Crippen LogP contribution is -1.88. The molecule has 0 saturated heterocycles. The first-order valence-electron chi connectivity index (χ1n) is 4.11. The van der Waals surface area contributed by atoms with Crippen LogP contribution < -0.4 is 0 Å². The molecule has 0 radical (unpaired) electrons. The van der Waals surface area contributed by atoms with E-state index >= 15 is 0 Å². The van der Waals surface area contributed by atoms with Crippen molar-refractivity contribution in [3.8, 4) is 17.1 Å². The van der Waals surface area contributed by atoms with Crippen LogP contribution in [0.2, 0.25) is 0 Å². The summed E-state index contributed by atoms with van der Waals surface area (Å²) in [6, 6.07) is 9.61. The summed E-state index contributed by atoms with van der Waals surface area (Å²) in [5.41, 5.74) is 0.943. The zero-order valence-electron chi connectivity index (χ0n) is 7.27. The molecule has 0 fully saturated rings. The van der Waals surface area contributed by atoms with Gasteiger partial charge in [0.15, 0.2) is 5.75 Å². The largest absolute Gasteiger partial charge is 0.504 e. The highest BCUT2D eigenvalue weighted by Gasteiger charge is 1.99. The van der Waals surface area contributed by atoms with E-state index in [0.29, 0.717) is 10.5 Å². The number of aromatic hydroxyl groups is 1. The minimum atomic E-state index is -0.000295. The zero-order chi connectivity index (χ0) is 9.97. The molecular weight excluding hydrogens is 196 g/mol. The lowest BCUT2D eigenvalue weighted by atomic mass is 10.2. The molecular formula is C10H8N2OS. The van der Waals surface area contributed by atoms with Crippen LogP contribution >= 0.6 is 12.2 Å². The summed E-state index contributed by atoms with van der Waals surface area (Å²) >= 11 is 4.90. The number of aromatic amines is 1. The normalized spacial score (nSPS) is 10.0. The molecule has 2 rings (SSSR count). The minimum absolute atomic E-state index is 0.000295. The van der Waals surface area contributed by atoms with E-state index in [9.17, 15) is 5.11 Å². The average molecular weight is 204 g/mol.